The van der Waals surface area contributed by atoms with E-state index in [4.69, 9.17) is 0 Å². The molecule has 0 amide bonds. The van der Waals surface area contributed by atoms with Crippen LogP contribution in [-0.4, -0.2) is 4.98 Å². The molecular formula is C28H25F4N3O. The minimum atomic E-state index is -3.03. The average Bonchev–Trinajstić information content (AvgIpc) is 2.89. The molecule has 0 bridgehead atoms. The molecule has 0 saturated carbocycles. The first-order valence-corrected chi connectivity index (χ1v) is 11.5. The fourth-order valence-electron chi connectivity index (χ4n) is 4.18. The molecule has 0 spiro atoms. The molecule has 1 unspecified atom stereocenters. The molecule has 4 nitrogen and oxygen atoms in total. The molecule has 0 aliphatic rings. The standard InChI is InChI=1S/C28H25F4N3O/c1-18(20-5-3-2-4-6-20)34-26-10-8-22(17-33-26)24(15-19-11-13-35(36)14-12-19)21-7-9-23(27(29)30)25(16-21)28(31)32/h2-14,16-18,24,27-28H,15H2,1H3,(H,33,34)/t18-,24?/m1/s1. The quantitative estimate of drug-likeness (QED) is 0.153. The molecule has 2 aromatic heterocycles. The summed E-state index contributed by atoms with van der Waals surface area (Å²) in [6, 6.07) is 20.5. The predicted molar refractivity (Wildman–Crippen MR) is 130 cm³/mol. The van der Waals surface area contributed by atoms with E-state index in [2.05, 4.69) is 10.3 Å². The molecular weight excluding hydrogens is 470 g/mol. The number of halogens is 4. The third-order valence-electron chi connectivity index (χ3n) is 6.15. The largest absolute Gasteiger partial charge is 0.619 e. The van der Waals surface area contributed by atoms with Gasteiger partial charge in [0.15, 0.2) is 12.4 Å². The molecule has 0 aliphatic heterocycles. The molecule has 4 rings (SSSR count). The van der Waals surface area contributed by atoms with E-state index < -0.39 is 29.9 Å². The van der Waals surface area contributed by atoms with Gasteiger partial charge in [-0.15, -0.1) is 0 Å². The van der Waals surface area contributed by atoms with Crippen molar-refractivity contribution in [1.82, 2.24) is 4.98 Å². The Kier molecular flexibility index (Phi) is 7.83. The van der Waals surface area contributed by atoms with E-state index in [0.29, 0.717) is 22.5 Å². The minimum Gasteiger partial charge on any atom is -0.619 e. The zero-order valence-electron chi connectivity index (χ0n) is 19.5. The van der Waals surface area contributed by atoms with Crippen molar-refractivity contribution in [2.75, 3.05) is 5.32 Å². The number of nitrogens with zero attached hydrogens (tertiary/aromatic N) is 2. The second-order valence-corrected chi connectivity index (χ2v) is 8.57. The normalized spacial score (nSPS) is 13.1. The van der Waals surface area contributed by atoms with Gasteiger partial charge in [-0.05, 0) is 47.7 Å². The van der Waals surface area contributed by atoms with Crippen molar-refractivity contribution < 1.29 is 22.3 Å². The summed E-state index contributed by atoms with van der Waals surface area (Å²) in [4.78, 5) is 4.52. The molecule has 0 radical (unpaired) electrons. The predicted octanol–water partition coefficient (Wildman–Crippen LogP) is 7.14. The summed E-state index contributed by atoms with van der Waals surface area (Å²) < 4.78 is 54.5. The summed E-state index contributed by atoms with van der Waals surface area (Å²) in [5.41, 5.74) is 1.74. The maximum atomic E-state index is 13.6. The molecule has 2 heterocycles. The first-order chi connectivity index (χ1) is 17.3. The van der Waals surface area contributed by atoms with E-state index >= 15 is 0 Å². The van der Waals surface area contributed by atoms with Gasteiger partial charge in [0.05, 0.1) is 0 Å². The van der Waals surface area contributed by atoms with Crippen LogP contribution in [0.2, 0.25) is 0 Å². The Morgan fingerprint density at radius 1 is 0.806 bits per heavy atom. The number of pyridine rings is 2. The Morgan fingerprint density at radius 2 is 1.47 bits per heavy atom. The molecule has 2 atom stereocenters. The molecule has 2 aromatic carbocycles. The number of aromatic nitrogens is 2. The van der Waals surface area contributed by atoms with Gasteiger partial charge in [0.25, 0.3) is 12.9 Å². The van der Waals surface area contributed by atoms with Crippen molar-refractivity contribution >= 4 is 5.82 Å². The molecule has 1 N–H and O–H groups in total. The molecule has 36 heavy (non-hydrogen) atoms. The van der Waals surface area contributed by atoms with Crippen LogP contribution < -0.4 is 10.0 Å². The lowest BCUT2D eigenvalue weighted by Crippen LogP contribution is -2.24. The summed E-state index contributed by atoms with van der Waals surface area (Å²) in [5, 5.41) is 14.8. The van der Waals surface area contributed by atoms with Gasteiger partial charge < -0.3 is 10.5 Å². The second kappa shape index (κ2) is 11.2. The lowest BCUT2D eigenvalue weighted by Gasteiger charge is -2.21. The number of rotatable bonds is 9. The van der Waals surface area contributed by atoms with E-state index in [-0.39, 0.29) is 6.04 Å². The van der Waals surface area contributed by atoms with Crippen LogP contribution in [-0.2, 0) is 6.42 Å². The van der Waals surface area contributed by atoms with Crippen molar-refractivity contribution in [3.05, 3.63) is 130 Å². The van der Waals surface area contributed by atoms with E-state index in [0.717, 1.165) is 28.8 Å². The number of benzene rings is 2. The smallest absolute Gasteiger partial charge is 0.264 e. The third kappa shape index (κ3) is 6.00. The molecule has 186 valence electrons. The number of nitrogens with one attached hydrogen (secondary N) is 1. The van der Waals surface area contributed by atoms with Crippen molar-refractivity contribution in [1.29, 1.82) is 0 Å². The zero-order chi connectivity index (χ0) is 25.7. The Hall–Kier alpha value is -3.94. The first kappa shape index (κ1) is 25.2. The topological polar surface area (TPSA) is 51.9 Å². The van der Waals surface area contributed by atoms with Crippen molar-refractivity contribution in [3.63, 3.8) is 0 Å². The van der Waals surface area contributed by atoms with E-state index in [9.17, 15) is 22.8 Å². The highest BCUT2D eigenvalue weighted by Gasteiger charge is 2.24. The number of hydrogen-bond acceptors (Lipinski definition) is 3. The molecule has 0 saturated heterocycles. The fraction of sp³-hybridized carbons (Fsp3) is 0.214. The van der Waals surface area contributed by atoms with Crippen LogP contribution in [0.15, 0.2) is 91.4 Å². The van der Waals surface area contributed by atoms with Crippen LogP contribution in [0.3, 0.4) is 0 Å². The van der Waals surface area contributed by atoms with Gasteiger partial charge in [0.2, 0.25) is 0 Å². The van der Waals surface area contributed by atoms with Gasteiger partial charge in [0.1, 0.15) is 5.82 Å². The lowest BCUT2D eigenvalue weighted by molar-refractivity contribution is -0.605. The Labute approximate surface area is 206 Å². The summed E-state index contributed by atoms with van der Waals surface area (Å²) in [7, 11) is 0. The molecule has 0 aliphatic carbocycles. The maximum absolute atomic E-state index is 13.6. The van der Waals surface area contributed by atoms with Gasteiger partial charge in [-0.1, -0.05) is 48.5 Å². The van der Waals surface area contributed by atoms with Crippen LogP contribution in [0.4, 0.5) is 23.4 Å². The van der Waals surface area contributed by atoms with Crippen molar-refractivity contribution in [3.8, 4) is 0 Å². The summed E-state index contributed by atoms with van der Waals surface area (Å²) >= 11 is 0. The van der Waals surface area contributed by atoms with E-state index in [1.807, 2.05) is 43.3 Å². The molecule has 4 aromatic rings. The van der Waals surface area contributed by atoms with Gasteiger partial charge in [-0.3, -0.25) is 0 Å². The Balaban J connectivity index is 1.66. The summed E-state index contributed by atoms with van der Waals surface area (Å²) in [6.45, 7) is 2.02. The lowest BCUT2D eigenvalue weighted by atomic mass is 9.85. The highest BCUT2D eigenvalue weighted by molar-refractivity contribution is 5.44. The average molecular weight is 496 g/mol. The number of hydrogen-bond donors (Lipinski definition) is 1. The van der Waals surface area contributed by atoms with Gasteiger partial charge in [-0.25, -0.2) is 22.5 Å². The SMILES string of the molecule is C[C@@H](Nc1ccc(C(Cc2cc[n+]([O-])cc2)c2ccc(C(F)F)c(C(F)F)c2)cn1)c1ccccc1. The van der Waals surface area contributed by atoms with Crippen molar-refractivity contribution in [2.45, 2.75) is 38.2 Å². The van der Waals surface area contributed by atoms with Crippen LogP contribution in [0.1, 0.15) is 65.1 Å². The van der Waals surface area contributed by atoms with Crippen LogP contribution >= 0.6 is 0 Å². The van der Waals surface area contributed by atoms with Gasteiger partial charge >= 0.3 is 0 Å². The third-order valence-corrected chi connectivity index (χ3v) is 6.15. The summed E-state index contributed by atoms with van der Waals surface area (Å²) in [6.07, 6.45) is -1.30. The highest BCUT2D eigenvalue weighted by Crippen LogP contribution is 2.36. The van der Waals surface area contributed by atoms with Crippen LogP contribution in [0, 0.1) is 5.21 Å². The van der Waals surface area contributed by atoms with E-state index in [1.165, 1.54) is 18.5 Å². The first-order valence-electron chi connectivity index (χ1n) is 11.5. The Morgan fingerprint density at radius 3 is 2.08 bits per heavy atom. The van der Waals surface area contributed by atoms with Gasteiger partial charge in [0, 0.05) is 41.4 Å². The zero-order valence-corrected chi connectivity index (χ0v) is 19.5. The Bertz CT molecular complexity index is 1270. The summed E-state index contributed by atoms with van der Waals surface area (Å²) in [5.74, 6) is 0.201. The van der Waals surface area contributed by atoms with Crippen LogP contribution in [0.5, 0.6) is 0 Å². The minimum absolute atomic E-state index is 0.0129. The van der Waals surface area contributed by atoms with E-state index in [1.54, 1.807) is 24.4 Å². The van der Waals surface area contributed by atoms with Crippen LogP contribution in [0.25, 0.3) is 0 Å². The molecule has 8 heteroatoms. The molecule has 0 fully saturated rings. The van der Waals surface area contributed by atoms with Gasteiger partial charge in [-0.2, -0.15) is 4.73 Å². The number of alkyl halides is 4. The number of anilines is 1. The maximum Gasteiger partial charge on any atom is 0.264 e. The fourth-order valence-corrected chi connectivity index (χ4v) is 4.18. The monoisotopic (exact) mass is 495 g/mol. The second-order valence-electron chi connectivity index (χ2n) is 8.57. The van der Waals surface area contributed by atoms with Crippen molar-refractivity contribution in [2.24, 2.45) is 0 Å². The highest BCUT2D eigenvalue weighted by atomic mass is 19.3.